The molecule has 1 aromatic rings. The molecule has 1 aromatic heterocycles. The van der Waals surface area contributed by atoms with Gasteiger partial charge in [0.05, 0.1) is 11.9 Å². The van der Waals surface area contributed by atoms with Gasteiger partial charge in [0.15, 0.2) is 0 Å². The SMILES string of the molecule is Cn1ncc(N2CCCC(CN)C2)c(Br)c1=O. The molecule has 1 aliphatic heterocycles. The number of nitrogens with zero attached hydrogens (tertiary/aromatic N) is 3. The predicted molar refractivity (Wildman–Crippen MR) is 71.2 cm³/mol. The minimum absolute atomic E-state index is 0.0997. The van der Waals surface area contributed by atoms with E-state index in [0.29, 0.717) is 16.9 Å². The average molecular weight is 301 g/mol. The lowest BCUT2D eigenvalue weighted by molar-refractivity contribution is 0.422. The van der Waals surface area contributed by atoms with E-state index in [4.69, 9.17) is 5.73 Å². The summed E-state index contributed by atoms with van der Waals surface area (Å²) < 4.78 is 1.92. The summed E-state index contributed by atoms with van der Waals surface area (Å²) in [5, 5.41) is 4.07. The van der Waals surface area contributed by atoms with Gasteiger partial charge in [-0.15, -0.1) is 0 Å². The van der Waals surface area contributed by atoms with Crippen LogP contribution in [0.4, 0.5) is 5.69 Å². The monoisotopic (exact) mass is 300 g/mol. The normalized spacial score (nSPS) is 20.6. The van der Waals surface area contributed by atoms with E-state index in [9.17, 15) is 4.79 Å². The van der Waals surface area contributed by atoms with Crippen LogP contribution in [-0.2, 0) is 7.05 Å². The fourth-order valence-corrected chi connectivity index (χ4v) is 2.81. The molecule has 2 N–H and O–H groups in total. The second-order valence-electron chi connectivity index (χ2n) is 4.46. The molecule has 2 heterocycles. The van der Waals surface area contributed by atoms with Crippen LogP contribution in [0.3, 0.4) is 0 Å². The zero-order chi connectivity index (χ0) is 12.4. The highest BCUT2D eigenvalue weighted by atomic mass is 79.9. The van der Waals surface area contributed by atoms with Crippen molar-refractivity contribution < 1.29 is 0 Å². The fraction of sp³-hybridized carbons (Fsp3) is 0.636. The molecule has 0 saturated carbocycles. The lowest BCUT2D eigenvalue weighted by atomic mass is 9.98. The highest BCUT2D eigenvalue weighted by molar-refractivity contribution is 9.10. The molecule has 1 atom stereocenters. The Morgan fingerprint density at radius 2 is 2.41 bits per heavy atom. The lowest BCUT2D eigenvalue weighted by Gasteiger charge is -2.34. The molecule has 5 nitrogen and oxygen atoms in total. The molecule has 0 aliphatic carbocycles. The molecule has 0 amide bonds. The van der Waals surface area contributed by atoms with Crippen molar-refractivity contribution in [2.75, 3.05) is 24.5 Å². The van der Waals surface area contributed by atoms with Crippen molar-refractivity contribution in [1.82, 2.24) is 9.78 Å². The zero-order valence-corrected chi connectivity index (χ0v) is 11.5. The standard InChI is InChI=1S/C11H17BrN4O/c1-15-11(17)10(12)9(6-14-15)16-4-2-3-8(5-13)7-16/h6,8H,2-5,7,13H2,1H3. The van der Waals surface area contributed by atoms with Crippen molar-refractivity contribution in [3.05, 3.63) is 21.0 Å². The Morgan fingerprint density at radius 1 is 1.65 bits per heavy atom. The number of nitrogens with two attached hydrogens (primary N) is 1. The van der Waals surface area contributed by atoms with E-state index in [1.807, 2.05) is 0 Å². The topological polar surface area (TPSA) is 64.2 Å². The predicted octanol–water partition coefficient (Wildman–Crippen LogP) is 0.718. The van der Waals surface area contributed by atoms with Gasteiger partial charge in [0.1, 0.15) is 4.47 Å². The summed E-state index contributed by atoms with van der Waals surface area (Å²) in [7, 11) is 1.65. The number of hydrogen-bond donors (Lipinski definition) is 1. The van der Waals surface area contributed by atoms with Crippen LogP contribution in [0, 0.1) is 5.92 Å². The molecule has 94 valence electrons. The molecule has 1 aliphatic rings. The summed E-state index contributed by atoms with van der Waals surface area (Å²) in [4.78, 5) is 14.0. The van der Waals surface area contributed by atoms with Crippen molar-refractivity contribution in [2.45, 2.75) is 12.8 Å². The lowest BCUT2D eigenvalue weighted by Crippen LogP contribution is -2.39. The molecule has 0 radical (unpaired) electrons. The van der Waals surface area contributed by atoms with Crippen molar-refractivity contribution in [3.63, 3.8) is 0 Å². The second-order valence-corrected chi connectivity index (χ2v) is 5.26. The largest absolute Gasteiger partial charge is 0.369 e. The van der Waals surface area contributed by atoms with Gasteiger partial charge < -0.3 is 10.6 Å². The summed E-state index contributed by atoms with van der Waals surface area (Å²) >= 11 is 3.36. The zero-order valence-electron chi connectivity index (χ0n) is 9.90. The molecule has 0 bridgehead atoms. The third kappa shape index (κ3) is 2.52. The van der Waals surface area contributed by atoms with E-state index in [1.165, 1.54) is 11.1 Å². The Hall–Kier alpha value is -0.880. The summed E-state index contributed by atoms with van der Waals surface area (Å²) in [6.07, 6.45) is 4.02. The van der Waals surface area contributed by atoms with Crippen LogP contribution in [0.2, 0.25) is 0 Å². The van der Waals surface area contributed by atoms with Crippen molar-refractivity contribution in [1.29, 1.82) is 0 Å². The maximum atomic E-state index is 11.8. The maximum absolute atomic E-state index is 11.8. The molecule has 1 unspecified atom stereocenters. The molecule has 0 aromatic carbocycles. The maximum Gasteiger partial charge on any atom is 0.282 e. The van der Waals surface area contributed by atoms with Crippen LogP contribution < -0.4 is 16.2 Å². The molecule has 2 rings (SSSR count). The number of aryl methyl sites for hydroxylation is 1. The van der Waals surface area contributed by atoms with E-state index in [2.05, 4.69) is 25.9 Å². The van der Waals surface area contributed by atoms with E-state index >= 15 is 0 Å². The highest BCUT2D eigenvalue weighted by Gasteiger charge is 2.21. The Labute approximate surface area is 109 Å². The third-order valence-electron chi connectivity index (χ3n) is 3.25. The molecule has 1 fully saturated rings. The first-order chi connectivity index (χ1) is 8.13. The molecule has 17 heavy (non-hydrogen) atoms. The van der Waals surface area contributed by atoms with Crippen LogP contribution in [0.15, 0.2) is 15.5 Å². The van der Waals surface area contributed by atoms with Gasteiger partial charge in [-0.1, -0.05) is 0 Å². The molecule has 6 heteroatoms. The number of rotatable bonds is 2. The Bertz CT molecular complexity index is 459. The number of piperidine rings is 1. The Kier molecular flexibility index (Phi) is 3.83. The number of hydrogen-bond acceptors (Lipinski definition) is 4. The smallest absolute Gasteiger partial charge is 0.282 e. The summed E-state index contributed by atoms with van der Waals surface area (Å²) in [5.74, 6) is 0.514. The minimum atomic E-state index is -0.0997. The number of aromatic nitrogens is 2. The van der Waals surface area contributed by atoms with Gasteiger partial charge in [0.2, 0.25) is 0 Å². The van der Waals surface area contributed by atoms with Crippen LogP contribution in [0.1, 0.15) is 12.8 Å². The number of halogens is 1. The van der Waals surface area contributed by atoms with Gasteiger partial charge in [-0.05, 0) is 41.2 Å². The highest BCUT2D eigenvalue weighted by Crippen LogP contribution is 2.26. The minimum Gasteiger partial charge on any atom is -0.369 e. The Balaban J connectivity index is 2.28. The van der Waals surface area contributed by atoms with Gasteiger partial charge in [-0.25, -0.2) is 4.68 Å². The van der Waals surface area contributed by atoms with Crippen LogP contribution in [0.25, 0.3) is 0 Å². The van der Waals surface area contributed by atoms with Gasteiger partial charge in [-0.2, -0.15) is 5.10 Å². The van der Waals surface area contributed by atoms with Crippen molar-refractivity contribution in [2.24, 2.45) is 18.7 Å². The van der Waals surface area contributed by atoms with Gasteiger partial charge in [0, 0.05) is 20.1 Å². The molecule has 0 spiro atoms. The van der Waals surface area contributed by atoms with Crippen LogP contribution in [0.5, 0.6) is 0 Å². The van der Waals surface area contributed by atoms with Crippen molar-refractivity contribution in [3.8, 4) is 0 Å². The molecular formula is C11H17BrN4O. The summed E-state index contributed by atoms with van der Waals surface area (Å²) in [6, 6.07) is 0. The average Bonchev–Trinajstić information content (AvgIpc) is 2.36. The van der Waals surface area contributed by atoms with Gasteiger partial charge in [0.25, 0.3) is 5.56 Å². The molecule has 1 saturated heterocycles. The second kappa shape index (κ2) is 5.18. The van der Waals surface area contributed by atoms with E-state index in [-0.39, 0.29) is 5.56 Å². The first-order valence-corrected chi connectivity index (χ1v) is 6.59. The van der Waals surface area contributed by atoms with E-state index in [0.717, 1.165) is 25.2 Å². The van der Waals surface area contributed by atoms with E-state index in [1.54, 1.807) is 13.2 Å². The first kappa shape index (κ1) is 12.6. The number of anilines is 1. The summed E-state index contributed by atoms with van der Waals surface area (Å²) in [6.45, 7) is 2.57. The van der Waals surface area contributed by atoms with Crippen LogP contribution in [-0.4, -0.2) is 29.4 Å². The fourth-order valence-electron chi connectivity index (χ4n) is 2.20. The molecular weight excluding hydrogens is 284 g/mol. The van der Waals surface area contributed by atoms with Crippen molar-refractivity contribution >= 4 is 21.6 Å². The third-order valence-corrected chi connectivity index (χ3v) is 4.00. The Morgan fingerprint density at radius 3 is 3.12 bits per heavy atom. The van der Waals surface area contributed by atoms with E-state index < -0.39 is 0 Å². The van der Waals surface area contributed by atoms with Gasteiger partial charge in [-0.3, -0.25) is 4.79 Å². The van der Waals surface area contributed by atoms with Crippen LogP contribution >= 0.6 is 15.9 Å². The first-order valence-electron chi connectivity index (χ1n) is 5.80. The quantitative estimate of drug-likeness (QED) is 0.874. The summed E-state index contributed by atoms with van der Waals surface area (Å²) in [5.41, 5.74) is 6.50. The van der Waals surface area contributed by atoms with Gasteiger partial charge >= 0.3 is 0 Å².